The topological polar surface area (TPSA) is 63.4 Å². The SMILES string of the molecule is Oc1ccc(Cl)cc1CN1CCC(c2nnc(SCC3CCCO3)n2Cc2ccccc2)CC1. The zero-order valence-corrected chi connectivity index (χ0v) is 20.8. The van der Waals surface area contributed by atoms with Crippen LogP contribution in [-0.2, 0) is 17.8 Å². The minimum Gasteiger partial charge on any atom is -0.508 e. The van der Waals surface area contributed by atoms with Gasteiger partial charge in [-0.05, 0) is 62.5 Å². The van der Waals surface area contributed by atoms with E-state index in [1.165, 1.54) is 5.56 Å². The third kappa shape index (κ3) is 5.77. The number of likely N-dealkylation sites (tertiary alicyclic amines) is 1. The van der Waals surface area contributed by atoms with Crippen LogP contribution in [0.4, 0.5) is 0 Å². The average Bonchev–Trinajstić information content (AvgIpc) is 3.51. The summed E-state index contributed by atoms with van der Waals surface area (Å²) in [6.45, 7) is 4.27. The van der Waals surface area contributed by atoms with Crippen LogP contribution in [0.5, 0.6) is 5.75 Å². The molecule has 2 fully saturated rings. The van der Waals surface area contributed by atoms with E-state index in [1.54, 1.807) is 23.9 Å². The number of benzene rings is 2. The molecule has 1 N–H and O–H groups in total. The predicted octanol–water partition coefficient (Wildman–Crippen LogP) is 5.34. The molecule has 1 aromatic heterocycles. The maximum Gasteiger partial charge on any atom is 0.191 e. The molecule has 5 rings (SSSR count). The second kappa shape index (κ2) is 11.1. The lowest BCUT2D eigenvalue weighted by molar-refractivity contribution is 0.129. The monoisotopic (exact) mass is 498 g/mol. The van der Waals surface area contributed by atoms with Gasteiger partial charge in [0.2, 0.25) is 0 Å². The standard InChI is InChI=1S/C26H31ClN4O2S/c27-22-8-9-24(32)21(15-22)17-30-12-10-20(11-13-30)25-28-29-26(34-18-23-7-4-14-33-23)31(25)16-19-5-2-1-3-6-19/h1-3,5-6,8-9,15,20,23,32H,4,7,10-14,16-18H2. The van der Waals surface area contributed by atoms with Gasteiger partial charge in [-0.3, -0.25) is 4.90 Å². The molecule has 1 atom stereocenters. The Labute approximate surface area is 210 Å². The molecule has 180 valence electrons. The summed E-state index contributed by atoms with van der Waals surface area (Å²) in [6.07, 6.45) is 4.64. The van der Waals surface area contributed by atoms with E-state index in [1.807, 2.05) is 6.07 Å². The number of aromatic nitrogens is 3. The summed E-state index contributed by atoms with van der Waals surface area (Å²) in [5.41, 5.74) is 2.14. The van der Waals surface area contributed by atoms with E-state index in [4.69, 9.17) is 21.4 Å². The van der Waals surface area contributed by atoms with E-state index in [9.17, 15) is 5.11 Å². The molecule has 0 spiro atoms. The highest BCUT2D eigenvalue weighted by Crippen LogP contribution is 2.32. The first-order chi connectivity index (χ1) is 16.7. The Morgan fingerprint density at radius 3 is 2.62 bits per heavy atom. The number of hydrogen-bond donors (Lipinski definition) is 1. The number of thioether (sulfide) groups is 1. The fourth-order valence-electron chi connectivity index (χ4n) is 4.84. The number of phenols is 1. The molecule has 1 unspecified atom stereocenters. The van der Waals surface area contributed by atoms with Gasteiger partial charge in [-0.1, -0.05) is 53.7 Å². The van der Waals surface area contributed by atoms with Crippen LogP contribution in [0, 0.1) is 0 Å². The van der Waals surface area contributed by atoms with Crippen LogP contribution >= 0.6 is 23.4 Å². The minimum atomic E-state index is 0.307. The van der Waals surface area contributed by atoms with Crippen molar-refractivity contribution in [1.82, 2.24) is 19.7 Å². The summed E-state index contributed by atoms with van der Waals surface area (Å²) in [4.78, 5) is 2.38. The average molecular weight is 499 g/mol. The van der Waals surface area contributed by atoms with Crippen molar-refractivity contribution in [2.45, 2.75) is 56.0 Å². The van der Waals surface area contributed by atoms with Gasteiger partial charge in [0.1, 0.15) is 11.6 Å². The lowest BCUT2D eigenvalue weighted by atomic mass is 9.95. The molecule has 3 aromatic rings. The first-order valence-corrected chi connectivity index (χ1v) is 13.4. The van der Waals surface area contributed by atoms with E-state index in [0.29, 0.717) is 29.3 Å². The van der Waals surface area contributed by atoms with Crippen molar-refractivity contribution in [2.75, 3.05) is 25.4 Å². The van der Waals surface area contributed by atoms with Gasteiger partial charge in [0, 0.05) is 35.4 Å². The van der Waals surface area contributed by atoms with Gasteiger partial charge in [0.05, 0.1) is 12.6 Å². The zero-order valence-electron chi connectivity index (χ0n) is 19.3. The molecule has 3 heterocycles. The molecule has 8 heteroatoms. The summed E-state index contributed by atoms with van der Waals surface area (Å²) in [5.74, 6) is 2.69. The smallest absolute Gasteiger partial charge is 0.191 e. The van der Waals surface area contributed by atoms with Crippen LogP contribution in [0.25, 0.3) is 0 Å². The largest absolute Gasteiger partial charge is 0.508 e. The van der Waals surface area contributed by atoms with Gasteiger partial charge < -0.3 is 14.4 Å². The van der Waals surface area contributed by atoms with Gasteiger partial charge in [0.25, 0.3) is 0 Å². The lowest BCUT2D eigenvalue weighted by Crippen LogP contribution is -2.33. The molecule has 0 saturated carbocycles. The van der Waals surface area contributed by atoms with Gasteiger partial charge in [-0.15, -0.1) is 10.2 Å². The van der Waals surface area contributed by atoms with Gasteiger partial charge >= 0.3 is 0 Å². The van der Waals surface area contributed by atoms with Crippen molar-refractivity contribution >= 4 is 23.4 Å². The highest BCUT2D eigenvalue weighted by molar-refractivity contribution is 7.99. The Morgan fingerprint density at radius 1 is 1.03 bits per heavy atom. The van der Waals surface area contributed by atoms with Crippen molar-refractivity contribution in [3.63, 3.8) is 0 Å². The van der Waals surface area contributed by atoms with E-state index < -0.39 is 0 Å². The number of nitrogens with zero attached hydrogens (tertiary/aromatic N) is 4. The maximum atomic E-state index is 10.2. The molecule has 0 bridgehead atoms. The van der Waals surface area contributed by atoms with E-state index >= 15 is 0 Å². The van der Waals surface area contributed by atoms with Crippen molar-refractivity contribution in [3.05, 3.63) is 70.5 Å². The number of ether oxygens (including phenoxy) is 1. The van der Waals surface area contributed by atoms with E-state index in [0.717, 1.165) is 74.2 Å². The number of rotatable bonds is 8. The van der Waals surface area contributed by atoms with Gasteiger partial charge in [-0.2, -0.15) is 0 Å². The number of halogens is 1. The van der Waals surface area contributed by atoms with Crippen molar-refractivity contribution in [3.8, 4) is 5.75 Å². The Hall–Kier alpha value is -2.06. The van der Waals surface area contributed by atoms with Crippen LogP contribution in [0.2, 0.25) is 5.02 Å². The van der Waals surface area contributed by atoms with Crippen LogP contribution in [0.3, 0.4) is 0 Å². The molecular formula is C26H31ClN4O2S. The lowest BCUT2D eigenvalue weighted by Gasteiger charge is -2.32. The van der Waals surface area contributed by atoms with Gasteiger partial charge in [-0.25, -0.2) is 0 Å². The van der Waals surface area contributed by atoms with Crippen molar-refractivity contribution < 1.29 is 9.84 Å². The maximum absolute atomic E-state index is 10.2. The van der Waals surface area contributed by atoms with Gasteiger partial charge in [0.15, 0.2) is 5.16 Å². The number of hydrogen-bond acceptors (Lipinski definition) is 6. The summed E-state index contributed by atoms with van der Waals surface area (Å²) >= 11 is 7.90. The fraction of sp³-hybridized carbons (Fsp3) is 0.462. The second-order valence-electron chi connectivity index (χ2n) is 9.18. The first-order valence-electron chi connectivity index (χ1n) is 12.1. The number of aromatic hydroxyl groups is 1. The quantitative estimate of drug-likeness (QED) is 0.423. The summed E-state index contributed by atoms with van der Waals surface area (Å²) in [7, 11) is 0. The van der Waals surface area contributed by atoms with Crippen LogP contribution in [0.1, 0.15) is 48.6 Å². The Balaban J connectivity index is 1.28. The predicted molar refractivity (Wildman–Crippen MR) is 136 cm³/mol. The molecule has 0 amide bonds. The molecule has 2 aliphatic heterocycles. The van der Waals surface area contributed by atoms with Crippen molar-refractivity contribution in [1.29, 1.82) is 0 Å². The zero-order chi connectivity index (χ0) is 23.3. The van der Waals surface area contributed by atoms with Crippen LogP contribution in [-0.4, -0.2) is 56.3 Å². The Kier molecular flexibility index (Phi) is 7.74. The molecule has 0 radical (unpaired) electrons. The minimum absolute atomic E-state index is 0.307. The normalized spacial score (nSPS) is 19.6. The fourth-order valence-corrected chi connectivity index (χ4v) is 6.04. The third-order valence-corrected chi connectivity index (χ3v) is 8.07. The molecule has 2 aliphatic rings. The number of piperidine rings is 1. The second-order valence-corrected chi connectivity index (χ2v) is 10.6. The Morgan fingerprint density at radius 2 is 1.85 bits per heavy atom. The van der Waals surface area contributed by atoms with Crippen LogP contribution < -0.4 is 0 Å². The van der Waals surface area contributed by atoms with Crippen molar-refractivity contribution in [2.24, 2.45) is 0 Å². The molecule has 6 nitrogen and oxygen atoms in total. The van der Waals surface area contributed by atoms with E-state index in [-0.39, 0.29) is 0 Å². The summed E-state index contributed by atoms with van der Waals surface area (Å²) in [5, 5.41) is 21.1. The molecule has 34 heavy (non-hydrogen) atoms. The highest BCUT2D eigenvalue weighted by atomic mass is 35.5. The number of phenolic OH excluding ortho intramolecular Hbond substituents is 1. The highest BCUT2D eigenvalue weighted by Gasteiger charge is 2.27. The third-order valence-electron chi connectivity index (χ3n) is 6.74. The Bertz CT molecular complexity index is 1080. The first kappa shape index (κ1) is 23.7. The van der Waals surface area contributed by atoms with Crippen LogP contribution in [0.15, 0.2) is 53.7 Å². The summed E-state index contributed by atoms with van der Waals surface area (Å²) in [6, 6.07) is 15.8. The molecule has 0 aliphatic carbocycles. The molecule has 2 saturated heterocycles. The molecular weight excluding hydrogens is 468 g/mol. The summed E-state index contributed by atoms with van der Waals surface area (Å²) < 4.78 is 8.14. The van der Waals surface area contributed by atoms with E-state index in [2.05, 4.69) is 44.9 Å². The molecule has 2 aromatic carbocycles.